The Morgan fingerprint density at radius 2 is 0.577 bits per heavy atom. The molecule has 0 saturated carbocycles. The highest BCUT2D eigenvalue weighted by atomic mass is 16.6. The van der Waals surface area contributed by atoms with Crippen molar-refractivity contribution >= 4 is 17.9 Å². The largest absolute Gasteiger partial charge is 0.462 e. The number of allylic oxidation sites excluding steroid dienone is 18. The first-order valence-electron chi connectivity index (χ1n) is 29.4. The van der Waals surface area contributed by atoms with Crippen molar-refractivity contribution < 1.29 is 28.6 Å². The average molecular weight is 986 g/mol. The Bertz CT molecular complexity index is 1460. The van der Waals surface area contributed by atoms with Gasteiger partial charge in [0.2, 0.25) is 0 Å². The van der Waals surface area contributed by atoms with Gasteiger partial charge >= 0.3 is 17.9 Å². The number of ether oxygens (including phenoxy) is 3. The van der Waals surface area contributed by atoms with Gasteiger partial charge in [-0.2, -0.15) is 0 Å². The molecule has 0 rings (SSSR count). The van der Waals surface area contributed by atoms with Crippen LogP contribution in [0, 0.1) is 0 Å². The Morgan fingerprint density at radius 1 is 0.296 bits per heavy atom. The summed E-state index contributed by atoms with van der Waals surface area (Å²) in [6.45, 7) is 6.52. The molecule has 0 fully saturated rings. The lowest BCUT2D eigenvalue weighted by Gasteiger charge is -2.18. The van der Waals surface area contributed by atoms with E-state index in [9.17, 15) is 14.4 Å². The van der Waals surface area contributed by atoms with Gasteiger partial charge in [0.1, 0.15) is 13.2 Å². The van der Waals surface area contributed by atoms with E-state index in [1.165, 1.54) is 109 Å². The predicted octanol–water partition coefficient (Wildman–Crippen LogP) is 19.9. The maximum Gasteiger partial charge on any atom is 0.306 e. The summed E-state index contributed by atoms with van der Waals surface area (Å²) in [5.41, 5.74) is 0. The van der Waals surface area contributed by atoms with E-state index in [0.29, 0.717) is 19.3 Å². The van der Waals surface area contributed by atoms with Gasteiger partial charge in [-0.1, -0.05) is 246 Å². The number of unbranched alkanes of at least 4 members (excludes halogenated alkanes) is 26. The van der Waals surface area contributed by atoms with Gasteiger partial charge in [0.05, 0.1) is 0 Å². The van der Waals surface area contributed by atoms with Crippen molar-refractivity contribution in [3.8, 4) is 0 Å². The van der Waals surface area contributed by atoms with Gasteiger partial charge in [0.25, 0.3) is 0 Å². The number of esters is 3. The van der Waals surface area contributed by atoms with E-state index in [2.05, 4.69) is 130 Å². The fourth-order valence-corrected chi connectivity index (χ4v) is 7.84. The molecule has 0 saturated heterocycles. The van der Waals surface area contributed by atoms with Crippen LogP contribution in [-0.4, -0.2) is 37.2 Å². The molecule has 0 aromatic carbocycles. The topological polar surface area (TPSA) is 78.9 Å². The Hall–Kier alpha value is -3.93. The fourth-order valence-electron chi connectivity index (χ4n) is 7.84. The molecule has 0 aromatic rings. The molecular weight excluding hydrogens is 877 g/mol. The second-order valence-corrected chi connectivity index (χ2v) is 19.3. The highest BCUT2D eigenvalue weighted by molar-refractivity contribution is 5.71. The molecule has 71 heavy (non-hydrogen) atoms. The molecule has 0 heterocycles. The molecule has 0 spiro atoms. The third-order valence-electron chi connectivity index (χ3n) is 12.3. The van der Waals surface area contributed by atoms with E-state index in [-0.39, 0.29) is 37.5 Å². The summed E-state index contributed by atoms with van der Waals surface area (Å²) in [5.74, 6) is -1.00. The Labute approximate surface area is 438 Å². The van der Waals surface area contributed by atoms with Gasteiger partial charge in [-0.15, -0.1) is 0 Å². The Morgan fingerprint density at radius 3 is 1.00 bits per heavy atom. The van der Waals surface area contributed by atoms with Crippen LogP contribution in [0.2, 0.25) is 0 Å². The highest BCUT2D eigenvalue weighted by Gasteiger charge is 2.19. The molecule has 0 aliphatic rings. The Balaban J connectivity index is 4.55. The molecule has 1 unspecified atom stereocenters. The summed E-state index contributed by atoms with van der Waals surface area (Å²) in [4.78, 5) is 38.2. The number of carbonyl (C=O) groups is 3. The van der Waals surface area contributed by atoms with Crippen LogP contribution in [0.5, 0.6) is 0 Å². The molecule has 6 heteroatoms. The van der Waals surface area contributed by atoms with E-state index < -0.39 is 6.10 Å². The molecule has 0 aliphatic carbocycles. The summed E-state index contributed by atoms with van der Waals surface area (Å²) in [7, 11) is 0. The van der Waals surface area contributed by atoms with Crippen molar-refractivity contribution in [2.45, 2.75) is 271 Å². The summed E-state index contributed by atoms with van der Waals surface area (Å²) in [5, 5.41) is 0. The summed E-state index contributed by atoms with van der Waals surface area (Å²) < 4.78 is 16.8. The zero-order valence-electron chi connectivity index (χ0n) is 46.2. The van der Waals surface area contributed by atoms with Gasteiger partial charge in [0.15, 0.2) is 6.10 Å². The van der Waals surface area contributed by atoms with Gasteiger partial charge in [-0.05, 0) is 109 Å². The standard InChI is InChI=1S/C65H108O6/c1-4-7-10-13-16-19-22-25-28-31-34-37-40-43-46-49-52-55-58-64(67)70-61-62(60-69-63(66)57-54-51-48-45-42-39-36-33-30-27-24-21-18-15-12-9-6-3)71-65(68)59-56-53-50-47-44-41-38-35-32-29-26-23-20-17-14-11-8-5-2/h18,21-22,25,27-32,34-39,45,48,62H,4-17,19-20,23-24,26,33,40-44,46-47,49-61H2,1-3H3/b21-18-,25-22-,30-27-,31-28-,32-29-,37-34-,38-35-,39-36-,48-45-. The number of hydrogen-bond acceptors (Lipinski definition) is 6. The van der Waals surface area contributed by atoms with E-state index >= 15 is 0 Å². The molecule has 0 aromatic heterocycles. The maximum absolute atomic E-state index is 12.9. The van der Waals surface area contributed by atoms with Gasteiger partial charge in [-0.3, -0.25) is 14.4 Å². The second-order valence-electron chi connectivity index (χ2n) is 19.3. The number of carbonyl (C=O) groups excluding carboxylic acids is 3. The smallest absolute Gasteiger partial charge is 0.306 e. The van der Waals surface area contributed by atoms with Crippen molar-refractivity contribution in [1.82, 2.24) is 0 Å². The third kappa shape index (κ3) is 56.9. The lowest BCUT2D eigenvalue weighted by atomic mass is 10.1. The van der Waals surface area contributed by atoms with Crippen LogP contribution in [0.1, 0.15) is 265 Å². The Kier molecular flexibility index (Phi) is 55.4. The molecule has 0 amide bonds. The van der Waals surface area contributed by atoms with E-state index in [4.69, 9.17) is 14.2 Å². The fraction of sp³-hybridized carbons (Fsp3) is 0.677. The molecular formula is C65H108O6. The average Bonchev–Trinajstić information content (AvgIpc) is 3.37. The van der Waals surface area contributed by atoms with Crippen LogP contribution in [0.25, 0.3) is 0 Å². The lowest BCUT2D eigenvalue weighted by Crippen LogP contribution is -2.30. The highest BCUT2D eigenvalue weighted by Crippen LogP contribution is 2.13. The lowest BCUT2D eigenvalue weighted by molar-refractivity contribution is -0.167. The number of rotatable bonds is 52. The van der Waals surface area contributed by atoms with Crippen LogP contribution in [0.3, 0.4) is 0 Å². The molecule has 0 N–H and O–H groups in total. The van der Waals surface area contributed by atoms with Crippen LogP contribution in [0.15, 0.2) is 109 Å². The first-order chi connectivity index (χ1) is 35.0. The second kappa shape index (κ2) is 58.6. The van der Waals surface area contributed by atoms with Crippen molar-refractivity contribution in [3.63, 3.8) is 0 Å². The van der Waals surface area contributed by atoms with E-state index in [1.54, 1.807) is 0 Å². The minimum atomic E-state index is -0.820. The van der Waals surface area contributed by atoms with Crippen LogP contribution in [-0.2, 0) is 28.6 Å². The maximum atomic E-state index is 12.9. The van der Waals surface area contributed by atoms with Gasteiger partial charge < -0.3 is 14.2 Å². The zero-order chi connectivity index (χ0) is 51.4. The summed E-state index contributed by atoms with van der Waals surface area (Å²) in [6, 6.07) is 0. The van der Waals surface area contributed by atoms with Crippen molar-refractivity contribution in [2.75, 3.05) is 13.2 Å². The monoisotopic (exact) mass is 985 g/mol. The third-order valence-corrected chi connectivity index (χ3v) is 12.3. The minimum absolute atomic E-state index is 0.114. The van der Waals surface area contributed by atoms with Crippen molar-refractivity contribution in [2.24, 2.45) is 0 Å². The molecule has 1 atom stereocenters. The van der Waals surface area contributed by atoms with Crippen LogP contribution >= 0.6 is 0 Å². The number of hydrogen-bond donors (Lipinski definition) is 0. The van der Waals surface area contributed by atoms with Crippen molar-refractivity contribution in [3.05, 3.63) is 109 Å². The van der Waals surface area contributed by atoms with Gasteiger partial charge in [0, 0.05) is 19.3 Å². The predicted molar refractivity (Wildman–Crippen MR) is 307 cm³/mol. The molecule has 0 radical (unpaired) electrons. The van der Waals surface area contributed by atoms with Crippen LogP contribution < -0.4 is 0 Å². The normalized spacial score (nSPS) is 12.9. The van der Waals surface area contributed by atoms with E-state index in [1.807, 2.05) is 0 Å². The first kappa shape index (κ1) is 67.1. The summed E-state index contributed by atoms with van der Waals surface area (Å²) >= 11 is 0. The first-order valence-corrected chi connectivity index (χ1v) is 29.4. The molecule has 6 nitrogen and oxygen atoms in total. The zero-order valence-corrected chi connectivity index (χ0v) is 46.2. The molecule has 404 valence electrons. The quantitative estimate of drug-likeness (QED) is 0.0199. The van der Waals surface area contributed by atoms with E-state index in [0.717, 1.165) is 109 Å². The summed E-state index contributed by atoms with van der Waals surface area (Å²) in [6.07, 6.45) is 79.3. The van der Waals surface area contributed by atoms with Crippen LogP contribution in [0.4, 0.5) is 0 Å². The molecule has 0 aliphatic heterocycles. The van der Waals surface area contributed by atoms with Crippen molar-refractivity contribution in [1.29, 1.82) is 0 Å². The minimum Gasteiger partial charge on any atom is -0.462 e. The van der Waals surface area contributed by atoms with Gasteiger partial charge in [-0.25, -0.2) is 0 Å². The SMILES string of the molecule is CCCCC/C=C\C/C=C\C/C=C\C/C=C\CCCC(=O)OCC(COC(=O)CCCCCCC\C=C/C=C\C=C/CCCCCCC)OC(=O)CCCCCCC/C=C\C=C/CCCCCCCCC. The molecule has 0 bridgehead atoms.